The van der Waals surface area contributed by atoms with Gasteiger partial charge in [0.15, 0.2) is 0 Å². The third kappa shape index (κ3) is 3.28. The van der Waals surface area contributed by atoms with Gasteiger partial charge in [-0.25, -0.2) is 0 Å². The van der Waals surface area contributed by atoms with E-state index in [-0.39, 0.29) is 5.57 Å². The summed E-state index contributed by atoms with van der Waals surface area (Å²) in [5.74, 6) is 1.91. The zero-order valence-corrected chi connectivity index (χ0v) is 11.8. The maximum absolute atomic E-state index is 9.25. The highest BCUT2D eigenvalue weighted by molar-refractivity contribution is 8.01. The lowest BCUT2D eigenvalue weighted by atomic mass is 9.81. The van der Waals surface area contributed by atoms with E-state index in [0.29, 0.717) is 5.57 Å². The Morgan fingerprint density at radius 2 is 1.45 bits per heavy atom. The molecule has 2 aliphatic rings. The number of hydrogen-bond acceptors (Lipinski definition) is 3. The molecule has 0 aliphatic heterocycles. The fraction of sp³-hybridized carbons (Fsp3) is 0.0588. The van der Waals surface area contributed by atoms with E-state index in [9.17, 15) is 10.5 Å². The van der Waals surface area contributed by atoms with E-state index < -0.39 is 0 Å². The average molecular weight is 276 g/mol. The van der Waals surface area contributed by atoms with Crippen molar-refractivity contribution in [1.29, 1.82) is 10.5 Å². The first-order valence-corrected chi connectivity index (χ1v) is 7.32. The Labute approximate surface area is 126 Å². The van der Waals surface area contributed by atoms with Crippen LogP contribution in [0.4, 0.5) is 0 Å². The standard InChI is InChI=1S/C17H12N2S/c1-20-12-16(13-6-2-3-7-13)17(15(10-18)11-19)14-8-4-5-9-14/h2-9,12H,1H3/b16-12+. The summed E-state index contributed by atoms with van der Waals surface area (Å²) >= 11 is 1.56. The van der Waals surface area contributed by atoms with Crippen LogP contribution in [-0.2, 0) is 0 Å². The van der Waals surface area contributed by atoms with Gasteiger partial charge in [-0.1, -0.05) is 0 Å². The van der Waals surface area contributed by atoms with Crippen LogP contribution in [0.15, 0.2) is 22.1 Å². The molecule has 2 nitrogen and oxygen atoms in total. The molecule has 3 heteroatoms. The van der Waals surface area contributed by atoms with Crippen molar-refractivity contribution in [3.63, 3.8) is 0 Å². The van der Waals surface area contributed by atoms with E-state index in [1.54, 1.807) is 11.8 Å². The summed E-state index contributed by atoms with van der Waals surface area (Å²) in [6.45, 7) is 0. The lowest BCUT2D eigenvalue weighted by molar-refractivity contribution is 1.16. The number of rotatable bonds is 4. The van der Waals surface area contributed by atoms with Gasteiger partial charge in [0.2, 0.25) is 0 Å². The first-order chi connectivity index (χ1) is 9.81. The van der Waals surface area contributed by atoms with Crippen molar-refractivity contribution in [2.24, 2.45) is 0 Å². The molecule has 2 aliphatic carbocycles. The predicted octanol–water partition coefficient (Wildman–Crippen LogP) is 3.39. The number of allylic oxidation sites excluding steroid dienone is 3. The van der Waals surface area contributed by atoms with Crippen molar-refractivity contribution in [2.75, 3.05) is 6.26 Å². The van der Waals surface area contributed by atoms with Crippen molar-refractivity contribution in [2.45, 2.75) is 0 Å². The minimum absolute atomic E-state index is 0.137. The number of nitrogens with zero attached hydrogens (tertiary/aromatic N) is 2. The molecule has 2 fully saturated rings. The zero-order valence-electron chi connectivity index (χ0n) is 11.0. The number of nitriles is 2. The largest absolute Gasteiger partial charge is 0.192 e. The maximum atomic E-state index is 9.25. The Bertz CT molecular complexity index is 462. The van der Waals surface area contributed by atoms with Crippen LogP contribution in [0.25, 0.3) is 0 Å². The SMILES string of the molecule is CS/C=C(\[C]1[CH][CH][CH][CH]1)C([C]1[CH][CH][CH][CH]1)=C(C#N)C#N. The Kier molecular flexibility index (Phi) is 5.74. The van der Waals surface area contributed by atoms with E-state index >= 15 is 0 Å². The van der Waals surface area contributed by atoms with Crippen LogP contribution >= 0.6 is 11.8 Å². The molecular weight excluding hydrogens is 264 g/mol. The molecule has 10 radical (unpaired) electrons. The molecule has 2 rings (SSSR count). The molecule has 2 saturated carbocycles. The minimum atomic E-state index is 0.137. The molecule has 0 atom stereocenters. The van der Waals surface area contributed by atoms with Gasteiger partial charge < -0.3 is 0 Å². The van der Waals surface area contributed by atoms with E-state index in [4.69, 9.17) is 0 Å². The van der Waals surface area contributed by atoms with Gasteiger partial charge in [-0.05, 0) is 74.2 Å². The summed E-state index contributed by atoms with van der Waals surface area (Å²) in [5, 5.41) is 20.5. The van der Waals surface area contributed by atoms with Crippen molar-refractivity contribution in [3.05, 3.63) is 85.3 Å². The molecule has 0 aromatic heterocycles. The van der Waals surface area contributed by atoms with Crippen LogP contribution in [0.3, 0.4) is 0 Å². The van der Waals surface area contributed by atoms with E-state index in [2.05, 4.69) is 0 Å². The Morgan fingerprint density at radius 3 is 1.90 bits per heavy atom. The molecule has 0 N–H and O–H groups in total. The summed E-state index contributed by atoms with van der Waals surface area (Å²) in [6, 6.07) is 4.02. The average Bonchev–Trinajstić information content (AvgIpc) is 3.14. The molecule has 0 spiro atoms. The van der Waals surface area contributed by atoms with Crippen molar-refractivity contribution in [1.82, 2.24) is 0 Å². The fourth-order valence-corrected chi connectivity index (χ4v) is 2.54. The van der Waals surface area contributed by atoms with Gasteiger partial charge >= 0.3 is 0 Å². The highest BCUT2D eigenvalue weighted by Crippen LogP contribution is 2.43. The lowest BCUT2D eigenvalue weighted by Gasteiger charge is -2.21. The summed E-state index contributed by atoms with van der Waals surface area (Å²) in [7, 11) is 0. The molecule has 0 bridgehead atoms. The second-order valence-corrected chi connectivity index (χ2v) is 4.80. The topological polar surface area (TPSA) is 47.6 Å². The number of hydrogen-bond donors (Lipinski definition) is 0. The molecule has 0 amide bonds. The van der Waals surface area contributed by atoms with E-state index in [1.807, 2.05) is 75.2 Å². The molecule has 96 valence electrons. The van der Waals surface area contributed by atoms with Gasteiger partial charge in [-0.15, -0.1) is 11.8 Å². The molecule has 0 aromatic carbocycles. The quantitative estimate of drug-likeness (QED) is 0.584. The van der Waals surface area contributed by atoms with Crippen molar-refractivity contribution >= 4 is 11.8 Å². The first kappa shape index (κ1) is 15.2. The van der Waals surface area contributed by atoms with Crippen LogP contribution in [-0.4, -0.2) is 6.26 Å². The van der Waals surface area contributed by atoms with Crippen molar-refractivity contribution in [3.8, 4) is 12.1 Å². The zero-order chi connectivity index (χ0) is 14.4. The van der Waals surface area contributed by atoms with Gasteiger partial charge in [-0.3, -0.25) is 0 Å². The third-order valence-corrected chi connectivity index (χ3v) is 3.38. The lowest BCUT2D eigenvalue weighted by Crippen LogP contribution is -2.10. The summed E-state index contributed by atoms with van der Waals surface area (Å²) < 4.78 is 0. The van der Waals surface area contributed by atoms with Gasteiger partial charge in [0.25, 0.3) is 0 Å². The second kappa shape index (κ2) is 7.55. The molecule has 0 heterocycles. The molecule has 20 heavy (non-hydrogen) atoms. The molecule has 0 unspecified atom stereocenters. The second-order valence-electron chi connectivity index (χ2n) is 4.09. The summed E-state index contributed by atoms with van der Waals surface area (Å²) in [4.78, 5) is 0. The van der Waals surface area contributed by atoms with Gasteiger partial charge in [0, 0.05) is 11.8 Å². The van der Waals surface area contributed by atoms with E-state index in [1.165, 1.54) is 0 Å². The van der Waals surface area contributed by atoms with E-state index in [0.717, 1.165) is 17.4 Å². The number of thioether (sulfide) groups is 1. The van der Waals surface area contributed by atoms with Gasteiger partial charge in [0.05, 0.1) is 0 Å². The third-order valence-electron chi connectivity index (χ3n) is 2.90. The summed E-state index contributed by atoms with van der Waals surface area (Å²) in [5.41, 5.74) is 1.74. The highest BCUT2D eigenvalue weighted by Gasteiger charge is 2.32. The Morgan fingerprint density at radius 1 is 0.950 bits per heavy atom. The predicted molar refractivity (Wildman–Crippen MR) is 80.7 cm³/mol. The Balaban J connectivity index is 2.42. The Hall–Kier alpha value is -1.19. The van der Waals surface area contributed by atoms with Gasteiger partial charge in [0.1, 0.15) is 17.7 Å². The summed E-state index contributed by atoms with van der Waals surface area (Å²) in [6.07, 6.45) is 17.5. The smallest absolute Gasteiger partial charge is 0.133 e. The maximum Gasteiger partial charge on any atom is 0.133 e. The normalized spacial score (nSPS) is 20.6. The first-order valence-electron chi connectivity index (χ1n) is 6.03. The molecule has 0 aromatic rings. The minimum Gasteiger partial charge on any atom is -0.192 e. The van der Waals surface area contributed by atoms with Crippen LogP contribution < -0.4 is 0 Å². The fourth-order valence-electron chi connectivity index (χ4n) is 2.05. The molecule has 0 saturated heterocycles. The monoisotopic (exact) mass is 276 g/mol. The van der Waals surface area contributed by atoms with Crippen LogP contribution in [0.2, 0.25) is 0 Å². The van der Waals surface area contributed by atoms with Crippen LogP contribution in [0.5, 0.6) is 0 Å². The van der Waals surface area contributed by atoms with Gasteiger partial charge in [-0.2, -0.15) is 10.5 Å². The van der Waals surface area contributed by atoms with Crippen LogP contribution in [0, 0.1) is 85.9 Å². The van der Waals surface area contributed by atoms with Crippen LogP contribution in [0.1, 0.15) is 0 Å². The highest BCUT2D eigenvalue weighted by atomic mass is 32.2. The molecular formula is C17H12N2S. The van der Waals surface area contributed by atoms with Crippen molar-refractivity contribution < 1.29 is 0 Å².